The van der Waals surface area contributed by atoms with Gasteiger partial charge < -0.3 is 9.80 Å². The normalized spacial score (nSPS) is 13.6. The van der Waals surface area contributed by atoms with Gasteiger partial charge in [0.05, 0.1) is 12.5 Å². The number of carbonyl (C=O) groups excluding carboxylic acids is 1. The highest BCUT2D eigenvalue weighted by molar-refractivity contribution is 6.01. The average Bonchev–Trinajstić information content (AvgIpc) is 2.55. The third-order valence-corrected chi connectivity index (χ3v) is 2.89. The Morgan fingerprint density at radius 1 is 1.56 bits per heavy atom. The highest BCUT2D eigenvalue weighted by Gasteiger charge is 2.24. The van der Waals surface area contributed by atoms with Crippen LogP contribution in [0, 0.1) is 11.3 Å². The Hall–Kier alpha value is -2.02. The molecule has 4 heteroatoms. The molecule has 0 saturated carbocycles. The van der Waals surface area contributed by atoms with Crippen LogP contribution in [-0.4, -0.2) is 26.5 Å². The number of nitriles is 1. The van der Waals surface area contributed by atoms with Gasteiger partial charge in [0.1, 0.15) is 6.54 Å². The molecule has 0 N–H and O–H groups in total. The zero-order valence-electron chi connectivity index (χ0n) is 9.40. The fourth-order valence-electron chi connectivity index (χ4n) is 1.89. The minimum absolute atomic E-state index is 0.120. The van der Waals surface area contributed by atoms with Crippen molar-refractivity contribution in [3.8, 4) is 6.07 Å². The maximum atomic E-state index is 11.5. The van der Waals surface area contributed by atoms with Crippen LogP contribution in [-0.2, 0) is 11.2 Å². The summed E-state index contributed by atoms with van der Waals surface area (Å²) in [5.74, 6) is 0.120. The summed E-state index contributed by atoms with van der Waals surface area (Å²) in [7, 11) is 3.65. The van der Waals surface area contributed by atoms with Gasteiger partial charge in [0, 0.05) is 25.5 Å². The van der Waals surface area contributed by atoms with Crippen LogP contribution in [0.5, 0.6) is 0 Å². The van der Waals surface area contributed by atoms with Gasteiger partial charge in [-0.15, -0.1) is 0 Å². The molecular weight excluding hydrogens is 202 g/mol. The van der Waals surface area contributed by atoms with E-state index >= 15 is 0 Å². The Morgan fingerprint density at radius 3 is 3.00 bits per heavy atom. The summed E-state index contributed by atoms with van der Waals surface area (Å²) in [4.78, 5) is 15.0. The molecule has 1 aromatic carbocycles. The van der Waals surface area contributed by atoms with Crippen LogP contribution in [0.3, 0.4) is 0 Å². The Kier molecular flexibility index (Phi) is 2.53. The van der Waals surface area contributed by atoms with Gasteiger partial charge in [-0.1, -0.05) is 0 Å². The topological polar surface area (TPSA) is 47.3 Å². The van der Waals surface area contributed by atoms with Gasteiger partial charge in [0.2, 0.25) is 5.91 Å². The maximum Gasteiger partial charge on any atom is 0.231 e. The van der Waals surface area contributed by atoms with Gasteiger partial charge in [-0.3, -0.25) is 4.79 Å². The molecule has 0 saturated heterocycles. The molecule has 0 bridgehead atoms. The van der Waals surface area contributed by atoms with Gasteiger partial charge in [-0.05, 0) is 23.8 Å². The van der Waals surface area contributed by atoms with E-state index < -0.39 is 0 Å². The summed E-state index contributed by atoms with van der Waals surface area (Å²) < 4.78 is 0. The van der Waals surface area contributed by atoms with E-state index in [9.17, 15) is 4.79 Å². The Morgan fingerprint density at radius 2 is 2.31 bits per heavy atom. The van der Waals surface area contributed by atoms with E-state index in [1.54, 1.807) is 11.9 Å². The lowest BCUT2D eigenvalue weighted by Gasteiger charge is -2.17. The van der Waals surface area contributed by atoms with Gasteiger partial charge in [-0.2, -0.15) is 5.26 Å². The van der Waals surface area contributed by atoms with Gasteiger partial charge in [-0.25, -0.2) is 0 Å². The minimum atomic E-state index is 0.120. The molecule has 0 radical (unpaired) electrons. The number of benzene rings is 1. The van der Waals surface area contributed by atoms with E-state index in [-0.39, 0.29) is 5.91 Å². The fourth-order valence-corrected chi connectivity index (χ4v) is 1.89. The molecule has 4 nitrogen and oxygen atoms in total. The van der Waals surface area contributed by atoms with Crippen molar-refractivity contribution in [3.63, 3.8) is 0 Å². The van der Waals surface area contributed by atoms with Gasteiger partial charge in [0.15, 0.2) is 0 Å². The van der Waals surface area contributed by atoms with Crippen LogP contribution in [0.4, 0.5) is 11.4 Å². The summed E-state index contributed by atoms with van der Waals surface area (Å²) in [5, 5.41) is 8.62. The highest BCUT2D eigenvalue weighted by atomic mass is 16.2. The third-order valence-electron chi connectivity index (χ3n) is 2.89. The summed E-state index contributed by atoms with van der Waals surface area (Å²) in [5.41, 5.74) is 2.98. The summed E-state index contributed by atoms with van der Waals surface area (Å²) in [6, 6.07) is 7.95. The van der Waals surface area contributed by atoms with Crippen molar-refractivity contribution >= 4 is 17.3 Å². The standard InChI is InChI=1S/C12H13N3O/c1-14(6-5-13)10-3-4-11-9(7-10)8-12(16)15(11)2/h3-4,7H,6,8H2,1-2H3. The first-order valence-electron chi connectivity index (χ1n) is 5.11. The predicted octanol–water partition coefficient (Wildman–Crippen LogP) is 1.17. The molecule has 16 heavy (non-hydrogen) atoms. The smallest absolute Gasteiger partial charge is 0.231 e. The number of carbonyl (C=O) groups is 1. The van der Waals surface area contributed by atoms with E-state index in [1.165, 1.54) is 0 Å². The lowest BCUT2D eigenvalue weighted by Crippen LogP contribution is -2.20. The molecule has 0 fully saturated rings. The molecular formula is C12H13N3O. The maximum absolute atomic E-state index is 11.5. The fraction of sp³-hybridized carbons (Fsp3) is 0.333. The lowest BCUT2D eigenvalue weighted by molar-refractivity contribution is -0.117. The molecule has 1 amide bonds. The average molecular weight is 215 g/mol. The number of hydrogen-bond donors (Lipinski definition) is 0. The van der Waals surface area contributed by atoms with Crippen molar-refractivity contribution in [1.82, 2.24) is 0 Å². The van der Waals surface area contributed by atoms with Crippen LogP contribution in [0.2, 0.25) is 0 Å². The number of anilines is 2. The van der Waals surface area contributed by atoms with Gasteiger partial charge >= 0.3 is 0 Å². The van der Waals surface area contributed by atoms with Crippen molar-refractivity contribution in [2.75, 3.05) is 30.4 Å². The second-order valence-corrected chi connectivity index (χ2v) is 3.96. The summed E-state index contributed by atoms with van der Waals surface area (Å²) in [6.45, 7) is 0.350. The van der Waals surface area contributed by atoms with Crippen molar-refractivity contribution in [1.29, 1.82) is 5.26 Å². The first-order valence-corrected chi connectivity index (χ1v) is 5.11. The molecule has 1 aliphatic heterocycles. The minimum Gasteiger partial charge on any atom is -0.361 e. The van der Waals surface area contributed by atoms with Gasteiger partial charge in [0.25, 0.3) is 0 Å². The molecule has 0 spiro atoms. The largest absolute Gasteiger partial charge is 0.361 e. The van der Waals surface area contributed by atoms with Crippen LogP contribution >= 0.6 is 0 Å². The number of rotatable bonds is 2. The molecule has 0 atom stereocenters. The van der Waals surface area contributed by atoms with Crippen molar-refractivity contribution in [2.24, 2.45) is 0 Å². The second-order valence-electron chi connectivity index (χ2n) is 3.96. The van der Waals surface area contributed by atoms with Crippen LogP contribution in [0.15, 0.2) is 18.2 Å². The number of likely N-dealkylation sites (N-methyl/N-ethyl adjacent to an activating group) is 1. The zero-order chi connectivity index (χ0) is 11.7. The molecule has 82 valence electrons. The number of hydrogen-bond acceptors (Lipinski definition) is 3. The highest BCUT2D eigenvalue weighted by Crippen LogP contribution is 2.30. The first-order chi connectivity index (χ1) is 7.63. The van der Waals surface area contributed by atoms with E-state index in [1.807, 2.05) is 30.1 Å². The second kappa shape index (κ2) is 3.86. The Bertz CT molecular complexity index is 476. The predicted molar refractivity (Wildman–Crippen MR) is 62.4 cm³/mol. The van der Waals surface area contributed by atoms with E-state index in [4.69, 9.17) is 5.26 Å². The van der Waals surface area contributed by atoms with E-state index in [0.717, 1.165) is 16.9 Å². The molecule has 0 unspecified atom stereocenters. The number of fused-ring (bicyclic) bond motifs is 1. The molecule has 0 aromatic heterocycles. The first kappa shape index (κ1) is 10.5. The lowest BCUT2D eigenvalue weighted by atomic mass is 10.1. The summed E-state index contributed by atoms with van der Waals surface area (Å²) >= 11 is 0. The van der Waals surface area contributed by atoms with E-state index in [0.29, 0.717) is 13.0 Å². The van der Waals surface area contributed by atoms with Crippen molar-refractivity contribution in [2.45, 2.75) is 6.42 Å². The van der Waals surface area contributed by atoms with Crippen LogP contribution < -0.4 is 9.80 Å². The zero-order valence-corrected chi connectivity index (χ0v) is 9.40. The quantitative estimate of drug-likeness (QED) is 0.696. The Labute approximate surface area is 94.7 Å². The number of amides is 1. The van der Waals surface area contributed by atoms with E-state index in [2.05, 4.69) is 6.07 Å². The number of nitrogens with zero attached hydrogens (tertiary/aromatic N) is 3. The summed E-state index contributed by atoms with van der Waals surface area (Å²) in [6.07, 6.45) is 0.458. The SMILES string of the molecule is CN(CC#N)c1ccc2c(c1)CC(=O)N2C. The molecule has 2 rings (SSSR count). The molecule has 1 heterocycles. The van der Waals surface area contributed by atoms with Crippen molar-refractivity contribution in [3.05, 3.63) is 23.8 Å². The molecule has 1 aliphatic rings. The van der Waals surface area contributed by atoms with Crippen LogP contribution in [0.25, 0.3) is 0 Å². The van der Waals surface area contributed by atoms with Crippen molar-refractivity contribution < 1.29 is 4.79 Å². The Balaban J connectivity index is 2.32. The molecule has 0 aliphatic carbocycles. The molecule has 1 aromatic rings. The van der Waals surface area contributed by atoms with Crippen LogP contribution in [0.1, 0.15) is 5.56 Å². The third kappa shape index (κ3) is 1.61. The monoisotopic (exact) mass is 215 g/mol.